The molecule has 4 rings (SSSR count). The first-order valence-electron chi connectivity index (χ1n) is 12.4. The molecule has 4 nitrogen and oxygen atoms in total. The summed E-state index contributed by atoms with van der Waals surface area (Å²) in [5.41, 5.74) is 5.56. The summed E-state index contributed by atoms with van der Waals surface area (Å²) in [7, 11) is 1.76. The number of hydrogen-bond acceptors (Lipinski definition) is 4. The highest BCUT2D eigenvalue weighted by atomic mass is 32.1. The zero-order valence-electron chi connectivity index (χ0n) is 21.5. The van der Waals surface area contributed by atoms with Crippen LogP contribution in [0.5, 0.6) is 0 Å². The lowest BCUT2D eigenvalue weighted by molar-refractivity contribution is -0.128. The molecule has 0 amide bonds. The van der Waals surface area contributed by atoms with Crippen molar-refractivity contribution in [3.63, 3.8) is 0 Å². The fourth-order valence-corrected chi connectivity index (χ4v) is 3.57. The number of nitrogens with one attached hydrogen (secondary N) is 1. The standard InChI is InChI=1S/C20H18.C9H10N2O2.C3H8S/c1-4-10-17(11-5-1)16-20(18-12-6-2-7-13-18)19-14-8-3-9-15-19;1-10-7-4-2-3-5-8(7)11-6-9(12)13;1-2-3-4/h1-15,20H,16H2;2-6,10H,1H3,(H,12,13);4H,2-3H2,1H3. The van der Waals surface area contributed by atoms with E-state index in [-0.39, 0.29) is 0 Å². The van der Waals surface area contributed by atoms with Crippen molar-refractivity contribution in [1.82, 2.24) is 0 Å². The van der Waals surface area contributed by atoms with Crippen LogP contribution < -0.4 is 5.32 Å². The van der Waals surface area contributed by atoms with Crippen LogP contribution in [0.2, 0.25) is 0 Å². The third-order valence-corrected chi connectivity index (χ3v) is 5.84. The van der Waals surface area contributed by atoms with E-state index in [2.05, 4.69) is 121 Å². The van der Waals surface area contributed by atoms with Crippen LogP contribution in [0.3, 0.4) is 0 Å². The Bertz CT molecular complexity index is 1140. The summed E-state index contributed by atoms with van der Waals surface area (Å²) in [4.78, 5) is 14.0. The van der Waals surface area contributed by atoms with E-state index in [1.54, 1.807) is 19.2 Å². The lowest BCUT2D eigenvalue weighted by atomic mass is 9.86. The molecule has 0 aliphatic rings. The van der Waals surface area contributed by atoms with Gasteiger partial charge in [0.2, 0.25) is 0 Å². The van der Waals surface area contributed by atoms with Crippen LogP contribution in [0.15, 0.2) is 120 Å². The van der Waals surface area contributed by atoms with Crippen LogP contribution in [0.25, 0.3) is 0 Å². The highest BCUT2D eigenvalue weighted by molar-refractivity contribution is 7.80. The smallest absolute Gasteiger partial charge is 0.346 e. The molecule has 0 fully saturated rings. The SMILES string of the molecule is CCCS.CNc1ccccc1N=CC(=O)O.c1ccc(CC(c2ccccc2)c2ccccc2)cc1. The Labute approximate surface area is 226 Å². The second-order valence-electron chi connectivity index (χ2n) is 8.15. The van der Waals surface area contributed by atoms with E-state index in [1.165, 1.54) is 23.1 Å². The van der Waals surface area contributed by atoms with Crippen molar-refractivity contribution in [1.29, 1.82) is 0 Å². The highest BCUT2D eigenvalue weighted by Crippen LogP contribution is 2.28. The van der Waals surface area contributed by atoms with Gasteiger partial charge in [0.15, 0.2) is 0 Å². The van der Waals surface area contributed by atoms with E-state index in [4.69, 9.17) is 5.11 Å². The lowest BCUT2D eigenvalue weighted by Crippen LogP contribution is -2.04. The fraction of sp³-hybridized carbons (Fsp3) is 0.188. The maximum atomic E-state index is 10.2. The summed E-state index contributed by atoms with van der Waals surface area (Å²) in [6.07, 6.45) is 3.09. The van der Waals surface area contributed by atoms with Gasteiger partial charge in [0.1, 0.15) is 6.21 Å². The van der Waals surface area contributed by atoms with Crippen LogP contribution in [-0.4, -0.2) is 30.1 Å². The molecule has 0 saturated carbocycles. The van der Waals surface area contributed by atoms with Gasteiger partial charge in [-0.1, -0.05) is 110 Å². The average molecular weight is 513 g/mol. The van der Waals surface area contributed by atoms with Crippen LogP contribution in [0.4, 0.5) is 11.4 Å². The van der Waals surface area contributed by atoms with Crippen LogP contribution >= 0.6 is 12.6 Å². The summed E-state index contributed by atoms with van der Waals surface area (Å²) >= 11 is 3.92. The van der Waals surface area contributed by atoms with E-state index in [9.17, 15) is 4.79 Å². The van der Waals surface area contributed by atoms with Crippen LogP contribution in [0.1, 0.15) is 36.0 Å². The first-order valence-corrected chi connectivity index (χ1v) is 13.0. The van der Waals surface area contributed by atoms with Gasteiger partial charge in [-0.15, -0.1) is 0 Å². The fourth-order valence-electron chi connectivity index (χ4n) is 3.57. The predicted octanol–water partition coefficient (Wildman–Crippen LogP) is 7.90. The summed E-state index contributed by atoms with van der Waals surface area (Å²) in [5.74, 6) is 0.380. The molecule has 0 aromatic heterocycles. The number of hydrogen-bond donors (Lipinski definition) is 3. The first-order chi connectivity index (χ1) is 18.1. The zero-order valence-corrected chi connectivity index (χ0v) is 22.4. The Hall–Kier alpha value is -3.83. The molecule has 0 spiro atoms. The van der Waals surface area contributed by atoms with Gasteiger partial charge in [-0.2, -0.15) is 12.6 Å². The van der Waals surface area contributed by atoms with E-state index < -0.39 is 5.97 Å². The van der Waals surface area contributed by atoms with Gasteiger partial charge in [0.25, 0.3) is 0 Å². The van der Waals surface area contributed by atoms with Gasteiger partial charge in [-0.05, 0) is 47.4 Å². The molecule has 37 heavy (non-hydrogen) atoms. The Balaban J connectivity index is 0.000000244. The third-order valence-electron chi connectivity index (χ3n) is 5.40. The molecule has 0 unspecified atom stereocenters. The number of nitrogens with zero attached hydrogens (tertiary/aromatic N) is 1. The molecule has 0 aliphatic carbocycles. The topological polar surface area (TPSA) is 61.7 Å². The van der Waals surface area contributed by atoms with Gasteiger partial charge in [-0.25, -0.2) is 9.79 Å². The Morgan fingerprint density at radius 2 is 1.30 bits per heavy atom. The minimum absolute atomic E-state index is 0.416. The molecular formula is C32H36N2O2S. The van der Waals surface area contributed by atoms with Gasteiger partial charge < -0.3 is 10.4 Å². The second-order valence-corrected chi connectivity index (χ2v) is 8.60. The average Bonchev–Trinajstić information content (AvgIpc) is 2.97. The number of carboxylic acids is 1. The molecule has 0 heterocycles. The van der Waals surface area contributed by atoms with E-state index in [1.807, 2.05) is 12.1 Å². The number of benzene rings is 4. The number of para-hydroxylation sites is 2. The van der Waals surface area contributed by atoms with Crippen molar-refractivity contribution in [2.75, 3.05) is 18.1 Å². The molecule has 192 valence electrons. The van der Waals surface area contributed by atoms with Crippen molar-refractivity contribution in [3.8, 4) is 0 Å². The summed E-state index contributed by atoms with van der Waals surface area (Å²) in [6, 6.07) is 39.5. The Morgan fingerprint density at radius 1 is 0.838 bits per heavy atom. The predicted molar refractivity (Wildman–Crippen MR) is 161 cm³/mol. The molecule has 2 N–H and O–H groups in total. The number of aliphatic imine (C=N–C) groups is 1. The summed E-state index contributed by atoms with van der Waals surface area (Å²) in [6.45, 7) is 2.10. The van der Waals surface area contributed by atoms with Crippen LogP contribution in [-0.2, 0) is 11.2 Å². The number of anilines is 1. The highest BCUT2D eigenvalue weighted by Gasteiger charge is 2.14. The quantitative estimate of drug-likeness (QED) is 0.166. The molecule has 0 radical (unpaired) electrons. The van der Waals surface area contributed by atoms with Gasteiger partial charge in [-0.3, -0.25) is 0 Å². The van der Waals surface area contributed by atoms with Crippen molar-refractivity contribution in [3.05, 3.63) is 132 Å². The molecule has 4 aromatic rings. The van der Waals surface area contributed by atoms with Crippen molar-refractivity contribution < 1.29 is 9.90 Å². The normalized spacial score (nSPS) is 10.2. The zero-order chi connectivity index (χ0) is 26.7. The Morgan fingerprint density at radius 3 is 1.76 bits per heavy atom. The molecule has 5 heteroatoms. The van der Waals surface area contributed by atoms with Gasteiger partial charge >= 0.3 is 5.97 Å². The molecule has 4 aromatic carbocycles. The lowest BCUT2D eigenvalue weighted by Gasteiger charge is -2.18. The second kappa shape index (κ2) is 17.6. The van der Waals surface area contributed by atoms with E-state index >= 15 is 0 Å². The third kappa shape index (κ3) is 11.2. The van der Waals surface area contributed by atoms with Gasteiger partial charge in [0, 0.05) is 13.0 Å². The van der Waals surface area contributed by atoms with Crippen molar-refractivity contribution in [2.45, 2.75) is 25.7 Å². The maximum Gasteiger partial charge on any atom is 0.346 e. The molecule has 0 atom stereocenters. The molecular weight excluding hydrogens is 476 g/mol. The number of aliphatic carboxylic acids is 1. The summed E-state index contributed by atoms with van der Waals surface area (Å²) in [5, 5.41) is 11.3. The first kappa shape index (κ1) is 29.4. The molecule has 0 bridgehead atoms. The number of carboxylic acid groups (broad SMARTS) is 1. The van der Waals surface area contributed by atoms with Crippen LogP contribution in [0, 0.1) is 0 Å². The Kier molecular flexibility index (Phi) is 14.0. The van der Waals surface area contributed by atoms with Gasteiger partial charge in [0.05, 0.1) is 11.4 Å². The molecule has 0 aliphatic heterocycles. The molecule has 0 saturated heterocycles. The van der Waals surface area contributed by atoms with E-state index in [0.717, 1.165) is 24.1 Å². The summed E-state index contributed by atoms with van der Waals surface area (Å²) < 4.78 is 0. The minimum atomic E-state index is -1.05. The number of carbonyl (C=O) groups is 1. The minimum Gasteiger partial charge on any atom is -0.477 e. The number of thiol groups is 1. The monoisotopic (exact) mass is 512 g/mol. The van der Waals surface area contributed by atoms with Crippen molar-refractivity contribution >= 4 is 36.2 Å². The maximum absolute atomic E-state index is 10.2. The largest absolute Gasteiger partial charge is 0.477 e. The number of rotatable bonds is 8. The van der Waals surface area contributed by atoms with E-state index in [0.29, 0.717) is 11.6 Å². The van der Waals surface area contributed by atoms with Crippen molar-refractivity contribution in [2.24, 2.45) is 4.99 Å².